The zero-order valence-corrected chi connectivity index (χ0v) is 61.6. The summed E-state index contributed by atoms with van der Waals surface area (Å²) in [5, 5.41) is 5.14. The van der Waals surface area contributed by atoms with Crippen molar-refractivity contribution in [2.24, 2.45) is 0 Å². The molecule has 9 rings (SSSR count). The van der Waals surface area contributed by atoms with Crippen molar-refractivity contribution in [2.45, 2.75) is 132 Å². The second-order valence-corrected chi connectivity index (χ2v) is 13.8. The molecule has 0 unspecified atom stereocenters. The molecule has 8 aromatic carbocycles. The first kappa shape index (κ1) is 110. The molecule has 2 N–H and O–H groups in total. The number of carbonyl (C=O) groups is 4. The molecule has 90 heavy (non-hydrogen) atoms. The number of carbonyl (C=O) groups excluding carboxylic acids is 4. The van der Waals surface area contributed by atoms with Gasteiger partial charge in [0.2, 0.25) is 5.91 Å². The van der Waals surface area contributed by atoms with Gasteiger partial charge in [0.05, 0.1) is 18.2 Å². The van der Waals surface area contributed by atoms with Gasteiger partial charge in [-0.05, 0) is 33.2 Å². The predicted octanol–water partition coefficient (Wildman–Crippen LogP) is 21.6. The molecular formula is C80H131N3O7. The van der Waals surface area contributed by atoms with Gasteiger partial charge in [0.15, 0.2) is 0 Å². The van der Waals surface area contributed by atoms with Gasteiger partial charge in [0, 0.05) is 55.9 Å². The molecule has 0 saturated heterocycles. The van der Waals surface area contributed by atoms with Crippen LogP contribution in [-0.2, 0) is 23.8 Å². The summed E-state index contributed by atoms with van der Waals surface area (Å²) in [6, 6.07) is 90.8. The quantitative estimate of drug-likeness (QED) is 0.123. The Balaban J connectivity index is -0.0000000727. The van der Waals surface area contributed by atoms with E-state index in [1.807, 2.05) is 387 Å². The molecule has 10 nitrogen and oxygen atoms in total. The van der Waals surface area contributed by atoms with Crippen LogP contribution in [0.1, 0.15) is 152 Å². The number of methoxy groups -OCH3 is 3. The molecule has 0 bridgehead atoms. The van der Waals surface area contributed by atoms with E-state index in [4.69, 9.17) is 0 Å². The first-order valence-electron chi connectivity index (χ1n) is 31.6. The third kappa shape index (κ3) is 114. The van der Waals surface area contributed by atoms with Crippen LogP contribution in [0, 0.1) is 0 Å². The van der Waals surface area contributed by atoms with Gasteiger partial charge < -0.3 is 24.8 Å². The second-order valence-electron chi connectivity index (χ2n) is 13.8. The molecule has 0 saturated carbocycles. The molecule has 8 aromatic rings. The van der Waals surface area contributed by atoms with E-state index in [0.29, 0.717) is 11.1 Å². The van der Waals surface area contributed by atoms with E-state index in [0.717, 1.165) is 11.5 Å². The average Bonchev–Trinajstić information content (AvgIpc) is 1.86. The number of esters is 1. The Morgan fingerprint density at radius 3 is 0.500 bits per heavy atom. The maximum absolute atomic E-state index is 11.3. The van der Waals surface area contributed by atoms with Crippen molar-refractivity contribution in [3.8, 4) is 0 Å². The van der Waals surface area contributed by atoms with Crippen LogP contribution in [0.5, 0.6) is 0 Å². The van der Waals surface area contributed by atoms with Crippen molar-refractivity contribution < 1.29 is 33.4 Å². The SMILES string of the molecule is CC.CC.CC.CC.CC.CC.CC.CC.CCOC.CN1C(=O)c2ccccc2C1=O.CNC.CNC(C)=O.COC.COC(C)=O.c1ccccc1.c1ccccc1.c1ccccc1.c1ccccc1.c1ccccc1.c1ccccc1.c1ccccc1. The predicted molar refractivity (Wildman–Crippen MR) is 402 cm³/mol. The van der Waals surface area contributed by atoms with Crippen LogP contribution < -0.4 is 10.6 Å². The molecule has 10 heteroatoms. The fourth-order valence-electron chi connectivity index (χ4n) is 4.00. The lowest BCUT2D eigenvalue weighted by atomic mass is 10.1. The van der Waals surface area contributed by atoms with Crippen LogP contribution in [0.2, 0.25) is 0 Å². The van der Waals surface area contributed by atoms with Crippen LogP contribution in [0.15, 0.2) is 279 Å². The van der Waals surface area contributed by atoms with Crippen molar-refractivity contribution in [1.82, 2.24) is 15.5 Å². The monoisotopic (exact) mass is 1250 g/mol. The molecule has 1 aliphatic heterocycles. The smallest absolute Gasteiger partial charge is 0.302 e. The molecule has 0 radical (unpaired) electrons. The number of nitrogens with zero attached hydrogens (tertiary/aromatic N) is 1. The Bertz CT molecular complexity index is 1720. The standard InChI is InChI=1S/C9H7NO2.7C6H6.C3H7NO.C3H6O2.C3H8O.C2H7N.C2H6O.8C2H6/c1-10-8(11)6-4-2-3-5-7(6)9(10)12;7*1-2-4-6-5-3-1;1-3(5)4-2;1-3(4)5-2;1-3-4-2;2*1-3-2;8*1-2/h2-5H,1H3;7*1-6H;1-2H3,(H,4,5);1-2H3;3H2,1-2H3;3H,1-2H3;1-2H3;8*1-2H3. The van der Waals surface area contributed by atoms with Gasteiger partial charge >= 0.3 is 5.97 Å². The summed E-state index contributed by atoms with van der Waals surface area (Å²) < 4.78 is 12.9. The molecule has 1 heterocycles. The summed E-state index contributed by atoms with van der Waals surface area (Å²) in [5.74, 6) is -0.666. The van der Waals surface area contributed by atoms with Gasteiger partial charge in [0.1, 0.15) is 0 Å². The average molecular weight is 1250 g/mol. The fourth-order valence-corrected chi connectivity index (χ4v) is 4.00. The van der Waals surface area contributed by atoms with E-state index >= 15 is 0 Å². The Labute approximate surface area is 554 Å². The lowest BCUT2D eigenvalue weighted by Gasteiger charge is -2.02. The van der Waals surface area contributed by atoms with Gasteiger partial charge in [-0.1, -0.05) is 378 Å². The van der Waals surface area contributed by atoms with Crippen LogP contribution >= 0.6 is 0 Å². The maximum atomic E-state index is 11.3. The van der Waals surface area contributed by atoms with Crippen LogP contribution in [-0.4, -0.2) is 91.8 Å². The van der Waals surface area contributed by atoms with E-state index in [1.54, 1.807) is 52.6 Å². The first-order chi connectivity index (χ1) is 44.0. The Morgan fingerprint density at radius 1 is 0.333 bits per heavy atom. The number of amides is 3. The molecule has 1 aliphatic rings. The van der Waals surface area contributed by atoms with Gasteiger partial charge in [-0.25, -0.2) is 0 Å². The maximum Gasteiger partial charge on any atom is 0.302 e. The topological polar surface area (TPSA) is 123 Å². The van der Waals surface area contributed by atoms with Crippen molar-refractivity contribution in [1.29, 1.82) is 0 Å². The summed E-state index contributed by atoms with van der Waals surface area (Å²) in [4.78, 5) is 43.0. The highest BCUT2D eigenvalue weighted by Gasteiger charge is 2.31. The highest BCUT2D eigenvalue weighted by molar-refractivity contribution is 6.21. The summed E-state index contributed by atoms with van der Waals surface area (Å²) >= 11 is 0. The molecule has 0 fully saturated rings. The third-order valence-electron chi connectivity index (χ3n) is 7.59. The number of nitrogens with one attached hydrogen (secondary N) is 2. The minimum atomic E-state index is -0.245. The highest BCUT2D eigenvalue weighted by Crippen LogP contribution is 2.20. The van der Waals surface area contributed by atoms with E-state index in [1.165, 1.54) is 28.0 Å². The summed E-state index contributed by atoms with van der Waals surface area (Å²) in [6.07, 6.45) is 0. The van der Waals surface area contributed by atoms with Crippen molar-refractivity contribution >= 4 is 23.7 Å². The lowest BCUT2D eigenvalue weighted by Crippen LogP contribution is -2.24. The normalized spacial score (nSPS) is 7.79. The summed E-state index contributed by atoms with van der Waals surface area (Å²) in [6.45, 7) is 37.6. The minimum absolute atomic E-state index is 0.00463. The van der Waals surface area contributed by atoms with Crippen molar-refractivity contribution in [3.05, 3.63) is 290 Å². The largest absolute Gasteiger partial charge is 0.469 e. The number of fused-ring (bicyclic) bond motifs is 1. The number of hydrogen-bond donors (Lipinski definition) is 2. The van der Waals surface area contributed by atoms with Gasteiger partial charge in [-0.15, -0.1) is 0 Å². The highest BCUT2D eigenvalue weighted by atomic mass is 16.5. The number of rotatable bonds is 1. The van der Waals surface area contributed by atoms with Crippen molar-refractivity contribution in [2.75, 3.05) is 63.2 Å². The van der Waals surface area contributed by atoms with Crippen LogP contribution in [0.3, 0.4) is 0 Å². The van der Waals surface area contributed by atoms with E-state index in [9.17, 15) is 19.2 Å². The molecule has 0 spiro atoms. The summed E-state index contributed by atoms with van der Waals surface area (Å²) in [7, 11) is 13.1. The van der Waals surface area contributed by atoms with E-state index in [2.05, 4.69) is 24.8 Å². The summed E-state index contributed by atoms with van der Waals surface area (Å²) in [5.41, 5.74) is 1.01. The first-order valence-corrected chi connectivity index (χ1v) is 31.6. The van der Waals surface area contributed by atoms with Crippen LogP contribution in [0.25, 0.3) is 0 Å². The number of imide groups is 1. The zero-order chi connectivity index (χ0) is 71.8. The molecule has 0 atom stereocenters. The number of hydrogen-bond acceptors (Lipinski definition) is 8. The molecular weight excluding hydrogens is 1110 g/mol. The molecule has 0 aromatic heterocycles. The zero-order valence-electron chi connectivity index (χ0n) is 61.6. The fraction of sp³-hybridized carbons (Fsp3) is 0.350. The Morgan fingerprint density at radius 2 is 0.433 bits per heavy atom. The molecule has 3 amide bonds. The number of ether oxygens (including phenoxy) is 3. The van der Waals surface area contributed by atoms with Gasteiger partial charge in [-0.3, -0.25) is 24.1 Å². The van der Waals surface area contributed by atoms with Crippen LogP contribution in [0.4, 0.5) is 0 Å². The van der Waals surface area contributed by atoms with E-state index in [-0.39, 0.29) is 23.7 Å². The minimum Gasteiger partial charge on any atom is -0.469 e. The van der Waals surface area contributed by atoms with E-state index < -0.39 is 0 Å². The van der Waals surface area contributed by atoms with Gasteiger partial charge in [-0.2, -0.15) is 0 Å². The second kappa shape index (κ2) is 122. The Hall–Kier alpha value is -8.28. The lowest BCUT2D eigenvalue weighted by molar-refractivity contribution is -0.138. The molecule has 0 aliphatic carbocycles. The van der Waals surface area contributed by atoms with Gasteiger partial charge in [0.25, 0.3) is 11.8 Å². The molecule has 508 valence electrons. The van der Waals surface area contributed by atoms with Crippen molar-refractivity contribution in [3.63, 3.8) is 0 Å². The Kier molecular flexibility index (Phi) is 149. The third-order valence-corrected chi connectivity index (χ3v) is 7.59. The number of benzene rings is 8.